The minimum Gasteiger partial charge on any atom is -0.458 e. The number of rotatable bonds is 2. The Bertz CT molecular complexity index is 771. The number of carbonyl (C=O) groups is 2. The first-order valence-corrected chi connectivity index (χ1v) is 7.91. The maximum Gasteiger partial charge on any atom is 0.337 e. The monoisotopic (exact) mass is 310 g/mol. The van der Waals surface area contributed by atoms with Crippen molar-refractivity contribution in [3.63, 3.8) is 0 Å². The highest BCUT2D eigenvalue weighted by atomic mass is 16.7. The summed E-state index contributed by atoms with van der Waals surface area (Å²) in [5, 5.41) is 0. The number of carbonyl (C=O) groups excluding carboxylic acids is 2. The SMILES string of the molecule is CC1=C(C)[C@@H](O/C=C2/C(=O)C[C@@H]3c4ccccc4C[C@H]23)OC1=O. The number of fused-ring (bicyclic) bond motifs is 3. The fourth-order valence-corrected chi connectivity index (χ4v) is 3.81. The molecule has 4 heteroatoms. The molecule has 4 nitrogen and oxygen atoms in total. The van der Waals surface area contributed by atoms with Gasteiger partial charge in [0.2, 0.25) is 0 Å². The molecular formula is C19H18O4. The van der Waals surface area contributed by atoms with Gasteiger partial charge in [-0.3, -0.25) is 4.79 Å². The Kier molecular flexibility index (Phi) is 3.15. The van der Waals surface area contributed by atoms with Crippen LogP contribution in [0.15, 0.2) is 47.2 Å². The maximum absolute atomic E-state index is 12.3. The van der Waals surface area contributed by atoms with Crippen molar-refractivity contribution in [1.29, 1.82) is 0 Å². The Morgan fingerprint density at radius 1 is 1.13 bits per heavy atom. The molecule has 1 saturated carbocycles. The molecule has 0 spiro atoms. The summed E-state index contributed by atoms with van der Waals surface area (Å²) < 4.78 is 10.8. The molecule has 3 atom stereocenters. The van der Waals surface area contributed by atoms with Crippen LogP contribution in [0.25, 0.3) is 0 Å². The molecule has 0 bridgehead atoms. The summed E-state index contributed by atoms with van der Waals surface area (Å²) in [5.41, 5.74) is 4.68. The zero-order chi connectivity index (χ0) is 16.1. The molecule has 0 unspecified atom stereocenters. The minimum atomic E-state index is -0.703. The maximum atomic E-state index is 12.3. The molecule has 1 fully saturated rings. The summed E-state index contributed by atoms with van der Waals surface area (Å²) in [6.45, 7) is 3.53. The smallest absolute Gasteiger partial charge is 0.337 e. The molecule has 23 heavy (non-hydrogen) atoms. The van der Waals surface area contributed by atoms with Crippen molar-refractivity contribution >= 4 is 11.8 Å². The molecule has 0 aromatic heterocycles. The van der Waals surface area contributed by atoms with E-state index < -0.39 is 6.29 Å². The largest absolute Gasteiger partial charge is 0.458 e. The number of allylic oxidation sites excluding steroid dienone is 1. The van der Waals surface area contributed by atoms with Gasteiger partial charge in [-0.1, -0.05) is 24.3 Å². The van der Waals surface area contributed by atoms with Gasteiger partial charge in [0, 0.05) is 29.1 Å². The van der Waals surface area contributed by atoms with Crippen molar-refractivity contribution < 1.29 is 19.1 Å². The van der Waals surface area contributed by atoms with Crippen LogP contribution in [0.3, 0.4) is 0 Å². The Hall–Kier alpha value is -2.36. The van der Waals surface area contributed by atoms with Crippen molar-refractivity contribution in [3.8, 4) is 0 Å². The average Bonchev–Trinajstić information content (AvgIpc) is 3.12. The topological polar surface area (TPSA) is 52.6 Å². The number of benzene rings is 1. The van der Waals surface area contributed by atoms with Crippen molar-refractivity contribution in [1.82, 2.24) is 0 Å². The zero-order valence-corrected chi connectivity index (χ0v) is 13.2. The van der Waals surface area contributed by atoms with E-state index in [9.17, 15) is 9.59 Å². The van der Waals surface area contributed by atoms with Gasteiger partial charge in [0.05, 0.1) is 6.26 Å². The first-order chi connectivity index (χ1) is 11.1. The van der Waals surface area contributed by atoms with E-state index in [0.717, 1.165) is 17.6 Å². The van der Waals surface area contributed by atoms with E-state index in [1.54, 1.807) is 6.92 Å². The van der Waals surface area contributed by atoms with Gasteiger partial charge in [0.1, 0.15) is 0 Å². The number of ketones is 1. The van der Waals surface area contributed by atoms with Crippen molar-refractivity contribution in [3.05, 3.63) is 58.4 Å². The van der Waals surface area contributed by atoms with Crippen LogP contribution in [0.5, 0.6) is 0 Å². The Morgan fingerprint density at radius 3 is 2.65 bits per heavy atom. The van der Waals surface area contributed by atoms with Crippen molar-refractivity contribution in [2.75, 3.05) is 0 Å². The van der Waals surface area contributed by atoms with E-state index in [4.69, 9.17) is 9.47 Å². The van der Waals surface area contributed by atoms with Gasteiger partial charge < -0.3 is 9.47 Å². The van der Waals surface area contributed by atoms with Gasteiger partial charge in [-0.05, 0) is 37.3 Å². The molecule has 1 heterocycles. The lowest BCUT2D eigenvalue weighted by molar-refractivity contribution is -0.153. The number of cyclic esters (lactones) is 1. The average molecular weight is 310 g/mol. The summed E-state index contributed by atoms with van der Waals surface area (Å²) in [7, 11) is 0. The van der Waals surface area contributed by atoms with E-state index >= 15 is 0 Å². The highest BCUT2D eigenvalue weighted by molar-refractivity contribution is 5.99. The minimum absolute atomic E-state index is 0.136. The van der Waals surface area contributed by atoms with Gasteiger partial charge in [-0.2, -0.15) is 0 Å². The van der Waals surface area contributed by atoms with Crippen LogP contribution in [0.2, 0.25) is 0 Å². The van der Waals surface area contributed by atoms with E-state index in [2.05, 4.69) is 12.1 Å². The third kappa shape index (κ3) is 2.12. The van der Waals surface area contributed by atoms with Gasteiger partial charge in [0.25, 0.3) is 6.29 Å². The molecule has 1 aliphatic heterocycles. The number of ether oxygens (including phenoxy) is 2. The summed E-state index contributed by atoms with van der Waals surface area (Å²) >= 11 is 0. The molecule has 0 amide bonds. The molecular weight excluding hydrogens is 292 g/mol. The van der Waals surface area contributed by atoms with Crippen molar-refractivity contribution in [2.24, 2.45) is 5.92 Å². The quantitative estimate of drug-likeness (QED) is 0.479. The van der Waals surface area contributed by atoms with Gasteiger partial charge in [-0.25, -0.2) is 4.79 Å². The molecule has 0 radical (unpaired) electrons. The first-order valence-electron chi connectivity index (χ1n) is 7.91. The van der Waals surface area contributed by atoms with Crippen LogP contribution < -0.4 is 0 Å². The van der Waals surface area contributed by atoms with Crippen LogP contribution in [0, 0.1) is 5.92 Å². The molecule has 118 valence electrons. The van der Waals surface area contributed by atoms with Crippen LogP contribution in [0.4, 0.5) is 0 Å². The molecule has 1 aromatic carbocycles. The molecule has 4 rings (SSSR count). The van der Waals surface area contributed by atoms with E-state index in [1.807, 2.05) is 19.1 Å². The zero-order valence-electron chi connectivity index (χ0n) is 13.2. The lowest BCUT2D eigenvalue weighted by Gasteiger charge is -2.13. The summed E-state index contributed by atoms with van der Waals surface area (Å²) in [6.07, 6.45) is 2.24. The molecule has 0 N–H and O–H groups in total. The lowest BCUT2D eigenvalue weighted by Crippen LogP contribution is -2.14. The van der Waals surface area contributed by atoms with Gasteiger partial charge in [-0.15, -0.1) is 0 Å². The standard InChI is InChI=1S/C19H18O4/c1-10-11(2)19(23-18(10)21)22-9-16-14-7-12-5-3-4-6-13(12)15(14)8-17(16)20/h3-6,9,14-15,19H,7-8H2,1-2H3/b16-9+/t14-,15+,19-/m0/s1. The lowest BCUT2D eigenvalue weighted by atomic mass is 9.95. The van der Waals surface area contributed by atoms with E-state index in [1.165, 1.54) is 17.4 Å². The molecule has 0 saturated heterocycles. The number of hydrogen-bond acceptors (Lipinski definition) is 4. The number of hydrogen-bond donors (Lipinski definition) is 0. The Labute approximate surface area is 134 Å². The molecule has 3 aliphatic rings. The van der Waals surface area contributed by atoms with Crippen LogP contribution in [0.1, 0.15) is 37.3 Å². The Morgan fingerprint density at radius 2 is 1.91 bits per heavy atom. The summed E-state index contributed by atoms with van der Waals surface area (Å²) in [4.78, 5) is 23.9. The van der Waals surface area contributed by atoms with Gasteiger partial charge >= 0.3 is 5.97 Å². The fraction of sp³-hybridized carbons (Fsp3) is 0.368. The fourth-order valence-electron chi connectivity index (χ4n) is 3.81. The second-order valence-electron chi connectivity index (χ2n) is 6.50. The number of Topliss-reactive ketones (excluding diaryl/α,β-unsaturated/α-hetero) is 1. The number of esters is 1. The third-order valence-corrected chi connectivity index (χ3v) is 5.29. The molecule has 2 aliphatic carbocycles. The highest BCUT2D eigenvalue weighted by Crippen LogP contribution is 2.49. The van der Waals surface area contributed by atoms with Crippen LogP contribution >= 0.6 is 0 Å². The van der Waals surface area contributed by atoms with Crippen LogP contribution in [-0.2, 0) is 25.5 Å². The van der Waals surface area contributed by atoms with Crippen LogP contribution in [-0.4, -0.2) is 18.0 Å². The Balaban J connectivity index is 1.57. The predicted octanol–water partition coefficient (Wildman–Crippen LogP) is 3.04. The summed E-state index contributed by atoms with van der Waals surface area (Å²) in [6, 6.07) is 8.31. The molecule has 1 aromatic rings. The summed E-state index contributed by atoms with van der Waals surface area (Å²) in [5.74, 6) is 0.229. The highest BCUT2D eigenvalue weighted by Gasteiger charge is 2.44. The van der Waals surface area contributed by atoms with Crippen molar-refractivity contribution in [2.45, 2.75) is 38.9 Å². The normalized spacial score (nSPS) is 30.7. The van der Waals surface area contributed by atoms with E-state index in [0.29, 0.717) is 12.0 Å². The predicted molar refractivity (Wildman–Crippen MR) is 83.4 cm³/mol. The second-order valence-corrected chi connectivity index (χ2v) is 6.50. The van der Waals surface area contributed by atoms with E-state index in [-0.39, 0.29) is 23.6 Å². The first kappa shape index (κ1) is 14.2. The second kappa shape index (κ2) is 5.08. The van der Waals surface area contributed by atoms with Gasteiger partial charge in [0.15, 0.2) is 5.78 Å². The third-order valence-electron chi connectivity index (χ3n) is 5.29.